The summed E-state index contributed by atoms with van der Waals surface area (Å²) >= 11 is 6.23. The Hall–Kier alpha value is -1.31. The van der Waals surface area contributed by atoms with E-state index in [1.54, 1.807) is 0 Å². The molecule has 1 fully saturated rings. The highest BCUT2D eigenvalue weighted by atomic mass is 35.5. The van der Waals surface area contributed by atoms with Crippen LogP contribution in [0.25, 0.3) is 11.1 Å². The third-order valence-electron chi connectivity index (χ3n) is 4.24. The van der Waals surface area contributed by atoms with Crippen molar-refractivity contribution in [1.82, 2.24) is 5.32 Å². The van der Waals surface area contributed by atoms with Crippen molar-refractivity contribution in [2.45, 2.75) is 31.7 Å². The predicted octanol–water partition coefficient (Wildman–Crippen LogP) is 4.99. The van der Waals surface area contributed by atoms with Gasteiger partial charge in [0.25, 0.3) is 0 Å². The highest BCUT2D eigenvalue weighted by molar-refractivity contribution is 6.30. The first-order chi connectivity index (χ1) is 9.79. The number of benzene rings is 2. The normalized spacial score (nSPS) is 15.1. The Morgan fingerprint density at radius 1 is 1.10 bits per heavy atom. The van der Waals surface area contributed by atoms with Crippen molar-refractivity contribution < 1.29 is 0 Å². The molecule has 1 aliphatic rings. The van der Waals surface area contributed by atoms with Crippen LogP contribution in [-0.4, -0.2) is 7.05 Å². The Morgan fingerprint density at radius 3 is 2.60 bits per heavy atom. The highest BCUT2D eigenvalue weighted by Crippen LogP contribution is 2.42. The molecule has 1 saturated carbocycles. The van der Waals surface area contributed by atoms with Gasteiger partial charge in [0.15, 0.2) is 0 Å². The molecule has 0 aliphatic heterocycles. The standard InChI is InChI=1S/C18H20ClN/c1-20-12-14-9-10-15(19)11-18(14)17-8-3-2-7-16(17)13-5-4-6-13/h2-3,7-11,13,20H,4-6,12H2,1H3. The molecule has 0 atom stereocenters. The Bertz CT molecular complexity index is 602. The highest BCUT2D eigenvalue weighted by Gasteiger charge is 2.23. The van der Waals surface area contributed by atoms with Crippen LogP contribution in [0.3, 0.4) is 0 Å². The molecule has 0 unspecified atom stereocenters. The summed E-state index contributed by atoms with van der Waals surface area (Å²) in [5, 5.41) is 4.06. The van der Waals surface area contributed by atoms with Gasteiger partial charge in [0.2, 0.25) is 0 Å². The maximum atomic E-state index is 6.23. The average Bonchev–Trinajstić information content (AvgIpc) is 2.40. The topological polar surface area (TPSA) is 12.0 Å². The lowest BCUT2D eigenvalue weighted by Gasteiger charge is -2.28. The summed E-state index contributed by atoms with van der Waals surface area (Å²) in [6.45, 7) is 0.867. The van der Waals surface area contributed by atoms with Gasteiger partial charge in [0.05, 0.1) is 0 Å². The maximum absolute atomic E-state index is 6.23. The number of rotatable bonds is 4. The van der Waals surface area contributed by atoms with Crippen LogP contribution in [0.15, 0.2) is 42.5 Å². The van der Waals surface area contributed by atoms with Gasteiger partial charge in [-0.1, -0.05) is 48.4 Å². The van der Waals surface area contributed by atoms with E-state index in [1.807, 2.05) is 13.1 Å². The van der Waals surface area contributed by atoms with Crippen LogP contribution in [0.5, 0.6) is 0 Å². The zero-order valence-corrected chi connectivity index (χ0v) is 12.6. The van der Waals surface area contributed by atoms with Crippen LogP contribution in [0.1, 0.15) is 36.3 Å². The van der Waals surface area contributed by atoms with E-state index in [9.17, 15) is 0 Å². The molecule has 20 heavy (non-hydrogen) atoms. The van der Waals surface area contributed by atoms with E-state index in [0.29, 0.717) is 0 Å². The summed E-state index contributed by atoms with van der Waals surface area (Å²) in [5.41, 5.74) is 5.42. The van der Waals surface area contributed by atoms with Gasteiger partial charge in [-0.05, 0) is 60.2 Å². The lowest BCUT2D eigenvalue weighted by Crippen LogP contribution is -2.11. The van der Waals surface area contributed by atoms with Crippen LogP contribution in [0, 0.1) is 0 Å². The number of nitrogens with one attached hydrogen (secondary N) is 1. The van der Waals surface area contributed by atoms with Gasteiger partial charge in [-0.2, -0.15) is 0 Å². The van der Waals surface area contributed by atoms with E-state index in [-0.39, 0.29) is 0 Å². The molecule has 2 aromatic rings. The van der Waals surface area contributed by atoms with Crippen molar-refractivity contribution in [2.75, 3.05) is 7.05 Å². The molecule has 2 heteroatoms. The summed E-state index contributed by atoms with van der Waals surface area (Å²) in [4.78, 5) is 0. The molecule has 0 spiro atoms. The number of hydrogen-bond acceptors (Lipinski definition) is 1. The molecule has 0 aromatic heterocycles. The Labute approximate surface area is 126 Å². The second-order valence-corrected chi connectivity index (χ2v) is 5.98. The largest absolute Gasteiger partial charge is 0.316 e. The van der Waals surface area contributed by atoms with E-state index >= 15 is 0 Å². The van der Waals surface area contributed by atoms with Crippen molar-refractivity contribution >= 4 is 11.6 Å². The molecule has 1 N–H and O–H groups in total. The van der Waals surface area contributed by atoms with Gasteiger partial charge in [-0.15, -0.1) is 0 Å². The quantitative estimate of drug-likeness (QED) is 0.834. The van der Waals surface area contributed by atoms with E-state index < -0.39 is 0 Å². The van der Waals surface area contributed by atoms with Gasteiger partial charge in [0, 0.05) is 11.6 Å². The molecule has 104 valence electrons. The summed E-state index contributed by atoms with van der Waals surface area (Å²) < 4.78 is 0. The molecular weight excluding hydrogens is 266 g/mol. The Kier molecular flexibility index (Phi) is 4.09. The molecule has 0 bridgehead atoms. The van der Waals surface area contributed by atoms with Gasteiger partial charge in [-0.25, -0.2) is 0 Å². The summed E-state index contributed by atoms with van der Waals surface area (Å²) in [6, 6.07) is 15.0. The minimum Gasteiger partial charge on any atom is -0.316 e. The Balaban J connectivity index is 2.10. The van der Waals surface area contributed by atoms with Crippen molar-refractivity contribution in [3.05, 3.63) is 58.6 Å². The molecule has 0 heterocycles. The van der Waals surface area contributed by atoms with Gasteiger partial charge >= 0.3 is 0 Å². The summed E-state index contributed by atoms with van der Waals surface area (Å²) in [5.74, 6) is 0.729. The van der Waals surface area contributed by atoms with Crippen LogP contribution in [0.2, 0.25) is 5.02 Å². The minimum atomic E-state index is 0.729. The number of halogens is 1. The van der Waals surface area contributed by atoms with Crippen LogP contribution < -0.4 is 5.32 Å². The fourth-order valence-corrected chi connectivity index (χ4v) is 3.13. The third-order valence-corrected chi connectivity index (χ3v) is 4.47. The summed E-state index contributed by atoms with van der Waals surface area (Å²) in [7, 11) is 1.98. The zero-order valence-electron chi connectivity index (χ0n) is 11.8. The van der Waals surface area contributed by atoms with Crippen molar-refractivity contribution in [1.29, 1.82) is 0 Å². The SMILES string of the molecule is CNCc1ccc(Cl)cc1-c1ccccc1C1CCC1. The second kappa shape index (κ2) is 5.99. The molecule has 3 rings (SSSR count). The first-order valence-electron chi connectivity index (χ1n) is 7.32. The first kappa shape index (κ1) is 13.7. The molecule has 2 aromatic carbocycles. The molecule has 1 nitrogen and oxygen atoms in total. The van der Waals surface area contributed by atoms with Crippen LogP contribution in [0.4, 0.5) is 0 Å². The van der Waals surface area contributed by atoms with E-state index in [4.69, 9.17) is 11.6 Å². The van der Waals surface area contributed by atoms with Crippen molar-refractivity contribution in [2.24, 2.45) is 0 Å². The summed E-state index contributed by atoms with van der Waals surface area (Å²) in [6.07, 6.45) is 4.00. The second-order valence-electron chi connectivity index (χ2n) is 5.55. The number of hydrogen-bond donors (Lipinski definition) is 1. The van der Waals surface area contributed by atoms with E-state index in [1.165, 1.54) is 41.5 Å². The zero-order chi connectivity index (χ0) is 13.9. The van der Waals surface area contributed by atoms with E-state index in [2.05, 4.69) is 41.7 Å². The smallest absolute Gasteiger partial charge is 0.0412 e. The molecule has 0 radical (unpaired) electrons. The minimum absolute atomic E-state index is 0.729. The predicted molar refractivity (Wildman–Crippen MR) is 86.2 cm³/mol. The first-order valence-corrected chi connectivity index (χ1v) is 7.69. The Morgan fingerprint density at radius 2 is 1.90 bits per heavy atom. The van der Waals surface area contributed by atoms with Crippen molar-refractivity contribution in [3.63, 3.8) is 0 Å². The fourth-order valence-electron chi connectivity index (χ4n) is 2.96. The van der Waals surface area contributed by atoms with Gasteiger partial charge in [-0.3, -0.25) is 0 Å². The fraction of sp³-hybridized carbons (Fsp3) is 0.333. The monoisotopic (exact) mass is 285 g/mol. The molecule has 1 aliphatic carbocycles. The van der Waals surface area contributed by atoms with Crippen LogP contribution >= 0.6 is 11.6 Å². The average molecular weight is 286 g/mol. The maximum Gasteiger partial charge on any atom is 0.0412 e. The van der Waals surface area contributed by atoms with Crippen LogP contribution in [-0.2, 0) is 6.54 Å². The van der Waals surface area contributed by atoms with E-state index in [0.717, 1.165) is 17.5 Å². The molecule has 0 saturated heterocycles. The third kappa shape index (κ3) is 2.61. The molecule has 0 amide bonds. The lowest BCUT2D eigenvalue weighted by molar-refractivity contribution is 0.420. The van der Waals surface area contributed by atoms with Gasteiger partial charge < -0.3 is 5.32 Å². The lowest BCUT2D eigenvalue weighted by atomic mass is 9.77. The van der Waals surface area contributed by atoms with Gasteiger partial charge in [0.1, 0.15) is 0 Å². The van der Waals surface area contributed by atoms with Crippen molar-refractivity contribution in [3.8, 4) is 11.1 Å². The molecular formula is C18H20ClN.